The number of hydrogen-bond acceptors (Lipinski definition) is 2. The highest BCUT2D eigenvalue weighted by molar-refractivity contribution is 7.92. The van der Waals surface area contributed by atoms with Gasteiger partial charge in [-0.2, -0.15) is 0 Å². The van der Waals surface area contributed by atoms with Crippen molar-refractivity contribution in [2.24, 2.45) is 0 Å². The van der Waals surface area contributed by atoms with Crippen LogP contribution in [0.4, 0.5) is 0 Å². The topological polar surface area (TPSA) is 34.1 Å². The van der Waals surface area contributed by atoms with E-state index in [1.165, 1.54) is 5.54 Å². The lowest BCUT2D eigenvalue weighted by Gasteiger charge is -2.15. The van der Waals surface area contributed by atoms with Gasteiger partial charge in [0.25, 0.3) is 0 Å². The lowest BCUT2D eigenvalue weighted by atomic mass is 10.1. The van der Waals surface area contributed by atoms with Gasteiger partial charge in [0, 0.05) is 5.54 Å². The highest BCUT2D eigenvalue weighted by Crippen LogP contribution is 2.22. The number of allylic oxidation sites excluding steroid dienone is 1. The van der Waals surface area contributed by atoms with Crippen molar-refractivity contribution < 1.29 is 8.42 Å². The summed E-state index contributed by atoms with van der Waals surface area (Å²) in [6.07, 6.45) is 4.76. The third-order valence-electron chi connectivity index (χ3n) is 2.88. The summed E-state index contributed by atoms with van der Waals surface area (Å²) in [7, 11) is -3.26. The molecule has 0 aliphatic rings. The Balaban J connectivity index is 2.95. The molecule has 1 aromatic rings. The van der Waals surface area contributed by atoms with Gasteiger partial charge >= 0.3 is 0 Å². The standard InChI is InChI=1S/C14H19ClO2S/c1-2-3-8-13(11-7-12-15)18(16,17)14-9-5-4-6-10-14/h4-7,9-10,12-13H,2-3,8,11H2,1H3. The Labute approximate surface area is 115 Å². The van der Waals surface area contributed by atoms with Crippen molar-refractivity contribution in [3.05, 3.63) is 41.9 Å². The third kappa shape index (κ3) is 4.14. The van der Waals surface area contributed by atoms with E-state index in [-0.39, 0.29) is 5.25 Å². The molecule has 1 atom stereocenters. The van der Waals surface area contributed by atoms with Crippen LogP contribution in [0.3, 0.4) is 0 Å². The maximum atomic E-state index is 12.5. The van der Waals surface area contributed by atoms with Gasteiger partial charge in [-0.25, -0.2) is 8.42 Å². The van der Waals surface area contributed by atoms with Crippen molar-refractivity contribution in [2.45, 2.75) is 42.8 Å². The zero-order valence-corrected chi connectivity index (χ0v) is 12.1. The first kappa shape index (κ1) is 15.3. The van der Waals surface area contributed by atoms with Crippen LogP contribution in [0.1, 0.15) is 32.6 Å². The fourth-order valence-electron chi connectivity index (χ4n) is 1.84. The largest absolute Gasteiger partial charge is 0.223 e. The molecule has 1 aromatic carbocycles. The summed E-state index contributed by atoms with van der Waals surface area (Å²) in [6, 6.07) is 8.62. The molecule has 0 radical (unpaired) electrons. The molecule has 2 nitrogen and oxygen atoms in total. The quantitative estimate of drug-likeness (QED) is 0.754. The lowest BCUT2D eigenvalue weighted by Crippen LogP contribution is -2.21. The van der Waals surface area contributed by atoms with Crippen LogP contribution in [0.15, 0.2) is 46.8 Å². The zero-order valence-electron chi connectivity index (χ0n) is 10.5. The fraction of sp³-hybridized carbons (Fsp3) is 0.429. The molecule has 0 aliphatic heterocycles. The molecule has 4 heteroatoms. The Kier molecular flexibility index (Phi) is 6.44. The molecule has 0 spiro atoms. The summed E-state index contributed by atoms with van der Waals surface area (Å²) < 4.78 is 24.9. The normalized spacial score (nSPS) is 13.9. The minimum absolute atomic E-state index is 0.380. The van der Waals surface area contributed by atoms with Crippen molar-refractivity contribution in [1.82, 2.24) is 0 Å². The molecule has 1 unspecified atom stereocenters. The van der Waals surface area contributed by atoms with E-state index in [1.807, 2.05) is 6.07 Å². The molecular weight excluding hydrogens is 268 g/mol. The molecule has 1 rings (SSSR count). The fourth-order valence-corrected chi connectivity index (χ4v) is 3.70. The van der Waals surface area contributed by atoms with Crippen molar-refractivity contribution >= 4 is 21.4 Å². The van der Waals surface area contributed by atoms with Gasteiger partial charge in [0.1, 0.15) is 0 Å². The number of sulfone groups is 1. The van der Waals surface area contributed by atoms with E-state index in [9.17, 15) is 8.42 Å². The van der Waals surface area contributed by atoms with Crippen LogP contribution in [0.5, 0.6) is 0 Å². The average molecular weight is 287 g/mol. The number of rotatable bonds is 7. The molecule has 0 saturated carbocycles. The predicted octanol–water partition coefficient (Wildman–Crippen LogP) is 4.16. The molecule has 0 N–H and O–H groups in total. The number of halogens is 1. The van der Waals surface area contributed by atoms with Crippen LogP contribution in [0, 0.1) is 0 Å². The second-order valence-corrected chi connectivity index (χ2v) is 6.70. The van der Waals surface area contributed by atoms with Crippen molar-refractivity contribution in [1.29, 1.82) is 0 Å². The van der Waals surface area contributed by atoms with E-state index in [0.717, 1.165) is 12.8 Å². The van der Waals surface area contributed by atoms with E-state index >= 15 is 0 Å². The molecule has 0 fully saturated rings. The molecular formula is C14H19ClO2S. The Morgan fingerprint density at radius 1 is 1.28 bits per heavy atom. The molecule has 0 bridgehead atoms. The highest BCUT2D eigenvalue weighted by Gasteiger charge is 2.25. The van der Waals surface area contributed by atoms with Crippen LogP contribution in [-0.2, 0) is 9.84 Å². The highest BCUT2D eigenvalue weighted by atomic mass is 35.5. The van der Waals surface area contributed by atoms with Gasteiger partial charge in [-0.3, -0.25) is 0 Å². The smallest absolute Gasteiger partial charge is 0.181 e. The first-order chi connectivity index (χ1) is 8.62. The Morgan fingerprint density at radius 3 is 2.50 bits per heavy atom. The van der Waals surface area contributed by atoms with Gasteiger partial charge in [0.05, 0.1) is 10.1 Å². The molecule has 0 aliphatic carbocycles. The lowest BCUT2D eigenvalue weighted by molar-refractivity contribution is 0.563. The van der Waals surface area contributed by atoms with Gasteiger partial charge in [-0.1, -0.05) is 55.6 Å². The molecule has 0 saturated heterocycles. The van der Waals surface area contributed by atoms with Crippen molar-refractivity contribution in [3.8, 4) is 0 Å². The molecule has 18 heavy (non-hydrogen) atoms. The summed E-state index contributed by atoms with van der Waals surface area (Å²) in [5, 5.41) is -0.380. The Hall–Kier alpha value is -0.800. The first-order valence-corrected chi connectivity index (χ1v) is 8.15. The van der Waals surface area contributed by atoms with Crippen LogP contribution in [0.2, 0.25) is 0 Å². The second-order valence-electron chi connectivity index (χ2n) is 4.22. The molecule has 100 valence electrons. The van der Waals surface area contributed by atoms with Crippen LogP contribution in [0.25, 0.3) is 0 Å². The van der Waals surface area contributed by atoms with Gasteiger partial charge in [-0.15, -0.1) is 0 Å². The maximum Gasteiger partial charge on any atom is 0.181 e. The van der Waals surface area contributed by atoms with Crippen LogP contribution >= 0.6 is 11.6 Å². The Bertz CT molecular complexity index is 466. The summed E-state index contributed by atoms with van der Waals surface area (Å²) >= 11 is 5.50. The average Bonchev–Trinajstić information content (AvgIpc) is 2.39. The van der Waals surface area contributed by atoms with Crippen LogP contribution in [-0.4, -0.2) is 13.7 Å². The summed E-state index contributed by atoms with van der Waals surface area (Å²) in [6.45, 7) is 2.06. The van der Waals surface area contributed by atoms with Crippen LogP contribution < -0.4 is 0 Å². The van der Waals surface area contributed by atoms with Crippen molar-refractivity contribution in [3.63, 3.8) is 0 Å². The summed E-state index contributed by atoms with van der Waals surface area (Å²) in [5.74, 6) is 0. The first-order valence-electron chi connectivity index (χ1n) is 6.17. The number of hydrogen-bond donors (Lipinski definition) is 0. The summed E-state index contributed by atoms with van der Waals surface area (Å²) in [4.78, 5) is 0.397. The monoisotopic (exact) mass is 286 g/mol. The van der Waals surface area contributed by atoms with E-state index in [1.54, 1.807) is 30.3 Å². The second kappa shape index (κ2) is 7.59. The Morgan fingerprint density at radius 2 is 1.94 bits per heavy atom. The number of benzene rings is 1. The maximum absolute atomic E-state index is 12.5. The van der Waals surface area contributed by atoms with Gasteiger partial charge < -0.3 is 0 Å². The summed E-state index contributed by atoms with van der Waals surface area (Å²) in [5.41, 5.74) is 1.39. The van der Waals surface area contributed by atoms with E-state index in [2.05, 4.69) is 6.92 Å². The van der Waals surface area contributed by atoms with Gasteiger partial charge in [0.15, 0.2) is 9.84 Å². The third-order valence-corrected chi connectivity index (χ3v) is 5.29. The van der Waals surface area contributed by atoms with Crippen molar-refractivity contribution in [2.75, 3.05) is 0 Å². The SMILES string of the molecule is CCCCC(CC=CCl)S(=O)(=O)c1ccccc1. The number of unbranched alkanes of at least 4 members (excludes halogenated alkanes) is 1. The minimum Gasteiger partial charge on any atom is -0.223 e. The molecule has 0 heterocycles. The molecule has 0 aromatic heterocycles. The van der Waals surface area contributed by atoms with Gasteiger partial charge in [0.2, 0.25) is 0 Å². The van der Waals surface area contributed by atoms with E-state index in [0.29, 0.717) is 17.7 Å². The van der Waals surface area contributed by atoms with E-state index in [4.69, 9.17) is 11.6 Å². The van der Waals surface area contributed by atoms with E-state index < -0.39 is 9.84 Å². The predicted molar refractivity (Wildman–Crippen MR) is 76.6 cm³/mol. The minimum atomic E-state index is -3.26. The zero-order chi connectivity index (χ0) is 13.4. The molecule has 0 amide bonds. The van der Waals surface area contributed by atoms with Gasteiger partial charge in [-0.05, 0) is 25.0 Å².